The standard InChI is InChI=1S/C20H18N6O6S/c1-25-11-21-24-20(25)33-10-12-2-4-13(5-3-12)18(27)22-23-19(28)14-8-16-17(32-7-6-31-16)9-15(14)26(29)30/h2-5,8-9,11H,6-7,10H2,1H3,(H,22,27)(H,23,28). The lowest BCUT2D eigenvalue weighted by molar-refractivity contribution is -0.385. The molecule has 170 valence electrons. The van der Waals surface area contributed by atoms with Crippen LogP contribution in [0.4, 0.5) is 5.69 Å². The minimum atomic E-state index is -0.858. The van der Waals surface area contributed by atoms with Gasteiger partial charge < -0.3 is 14.0 Å². The van der Waals surface area contributed by atoms with E-state index in [9.17, 15) is 19.7 Å². The Labute approximate surface area is 191 Å². The molecule has 2 aromatic carbocycles. The lowest BCUT2D eigenvalue weighted by Crippen LogP contribution is -2.41. The first-order chi connectivity index (χ1) is 15.9. The molecule has 0 unspecified atom stereocenters. The third kappa shape index (κ3) is 5.03. The molecular formula is C20H18N6O6S. The second-order valence-electron chi connectivity index (χ2n) is 6.89. The van der Waals surface area contributed by atoms with Crippen molar-refractivity contribution in [3.8, 4) is 11.5 Å². The molecule has 0 radical (unpaired) electrons. The zero-order valence-corrected chi connectivity index (χ0v) is 18.1. The molecule has 0 saturated carbocycles. The van der Waals surface area contributed by atoms with Crippen molar-refractivity contribution in [1.29, 1.82) is 0 Å². The monoisotopic (exact) mass is 470 g/mol. The van der Waals surface area contributed by atoms with Crippen LogP contribution in [0.1, 0.15) is 26.3 Å². The van der Waals surface area contributed by atoms with Crippen LogP contribution in [0.3, 0.4) is 0 Å². The number of carbonyl (C=O) groups excluding carboxylic acids is 2. The van der Waals surface area contributed by atoms with E-state index in [-0.39, 0.29) is 30.3 Å². The van der Waals surface area contributed by atoms with Gasteiger partial charge in [0, 0.05) is 24.4 Å². The molecule has 1 aliphatic rings. The second kappa shape index (κ2) is 9.56. The summed E-state index contributed by atoms with van der Waals surface area (Å²) in [5, 5.41) is 20.0. The van der Waals surface area contributed by atoms with Crippen molar-refractivity contribution in [3.63, 3.8) is 0 Å². The highest BCUT2D eigenvalue weighted by Gasteiger charge is 2.26. The second-order valence-corrected chi connectivity index (χ2v) is 7.83. The number of nitro benzene ring substituents is 1. The van der Waals surface area contributed by atoms with Gasteiger partial charge in [0.1, 0.15) is 25.1 Å². The Balaban J connectivity index is 1.38. The third-order valence-corrected chi connectivity index (χ3v) is 5.75. The first kappa shape index (κ1) is 22.1. The summed E-state index contributed by atoms with van der Waals surface area (Å²) in [5.41, 5.74) is 5.01. The van der Waals surface area contributed by atoms with Crippen molar-refractivity contribution >= 4 is 29.3 Å². The van der Waals surface area contributed by atoms with Gasteiger partial charge in [-0.1, -0.05) is 23.9 Å². The Bertz CT molecular complexity index is 1210. The van der Waals surface area contributed by atoms with Crippen molar-refractivity contribution in [2.45, 2.75) is 10.9 Å². The number of nitrogens with one attached hydrogen (secondary N) is 2. The number of amides is 2. The van der Waals surface area contributed by atoms with Crippen LogP contribution in [-0.4, -0.2) is 44.7 Å². The number of rotatable bonds is 6. The van der Waals surface area contributed by atoms with Crippen molar-refractivity contribution in [1.82, 2.24) is 25.6 Å². The van der Waals surface area contributed by atoms with E-state index in [1.165, 1.54) is 17.8 Å². The quantitative estimate of drug-likeness (QED) is 0.312. The Morgan fingerprint density at radius 2 is 1.79 bits per heavy atom. The average molecular weight is 470 g/mol. The molecule has 2 amide bonds. The summed E-state index contributed by atoms with van der Waals surface area (Å²) in [6, 6.07) is 9.14. The van der Waals surface area contributed by atoms with Crippen LogP contribution < -0.4 is 20.3 Å². The topological polar surface area (TPSA) is 151 Å². The molecule has 2 N–H and O–H groups in total. The van der Waals surface area contributed by atoms with E-state index >= 15 is 0 Å². The van der Waals surface area contributed by atoms with E-state index in [2.05, 4.69) is 21.0 Å². The Kier molecular flexibility index (Phi) is 6.40. The third-order valence-electron chi connectivity index (χ3n) is 4.65. The number of carbonyl (C=O) groups is 2. The molecule has 33 heavy (non-hydrogen) atoms. The van der Waals surface area contributed by atoms with Crippen LogP contribution in [0.15, 0.2) is 47.9 Å². The van der Waals surface area contributed by atoms with Gasteiger partial charge in [0.25, 0.3) is 17.5 Å². The van der Waals surface area contributed by atoms with Crippen molar-refractivity contribution in [2.24, 2.45) is 7.05 Å². The van der Waals surface area contributed by atoms with Crippen LogP contribution >= 0.6 is 11.8 Å². The maximum absolute atomic E-state index is 12.5. The zero-order chi connectivity index (χ0) is 23.4. The number of aromatic nitrogens is 3. The Morgan fingerprint density at radius 1 is 1.12 bits per heavy atom. The number of thioether (sulfide) groups is 1. The molecule has 0 saturated heterocycles. The number of fused-ring (bicyclic) bond motifs is 1. The number of aryl methyl sites for hydroxylation is 1. The number of nitrogens with zero attached hydrogens (tertiary/aromatic N) is 4. The molecule has 0 fully saturated rings. The molecule has 0 bridgehead atoms. The number of hydrazine groups is 1. The van der Waals surface area contributed by atoms with E-state index in [4.69, 9.17) is 9.47 Å². The van der Waals surface area contributed by atoms with E-state index < -0.39 is 22.4 Å². The molecule has 13 heteroatoms. The average Bonchev–Trinajstić information content (AvgIpc) is 3.25. The van der Waals surface area contributed by atoms with Gasteiger partial charge in [0.05, 0.1) is 11.0 Å². The van der Waals surface area contributed by atoms with Crippen molar-refractivity contribution < 1.29 is 24.0 Å². The summed E-state index contributed by atoms with van der Waals surface area (Å²) in [6.45, 7) is 0.513. The van der Waals surface area contributed by atoms with Crippen LogP contribution in [-0.2, 0) is 12.8 Å². The predicted molar refractivity (Wildman–Crippen MR) is 116 cm³/mol. The number of nitro groups is 1. The van der Waals surface area contributed by atoms with E-state index in [1.54, 1.807) is 35.2 Å². The Morgan fingerprint density at radius 3 is 2.42 bits per heavy atom. The highest BCUT2D eigenvalue weighted by atomic mass is 32.2. The molecule has 1 aromatic heterocycles. The van der Waals surface area contributed by atoms with E-state index in [1.807, 2.05) is 7.05 Å². The summed E-state index contributed by atoms with van der Waals surface area (Å²) < 4.78 is 12.5. The highest BCUT2D eigenvalue weighted by molar-refractivity contribution is 7.98. The molecule has 3 aromatic rings. The van der Waals surface area contributed by atoms with Crippen LogP contribution in [0, 0.1) is 10.1 Å². The minimum Gasteiger partial charge on any atom is -0.486 e. The van der Waals surface area contributed by atoms with Gasteiger partial charge in [-0.2, -0.15) is 0 Å². The van der Waals surface area contributed by atoms with Crippen LogP contribution in [0.2, 0.25) is 0 Å². The van der Waals surface area contributed by atoms with Gasteiger partial charge in [-0.25, -0.2) is 0 Å². The zero-order valence-electron chi connectivity index (χ0n) is 17.3. The lowest BCUT2D eigenvalue weighted by atomic mass is 10.1. The molecule has 0 atom stereocenters. The fraction of sp³-hybridized carbons (Fsp3) is 0.200. The lowest BCUT2D eigenvalue weighted by Gasteiger charge is -2.19. The maximum Gasteiger partial charge on any atom is 0.286 e. The summed E-state index contributed by atoms with van der Waals surface area (Å²) in [5.74, 6) is -0.386. The number of hydrogen-bond acceptors (Lipinski definition) is 9. The molecule has 2 heterocycles. The molecular weight excluding hydrogens is 452 g/mol. The molecule has 0 aliphatic carbocycles. The summed E-state index contributed by atoms with van der Waals surface area (Å²) in [6.07, 6.45) is 1.61. The van der Waals surface area contributed by atoms with Gasteiger partial charge in [0.15, 0.2) is 16.7 Å². The normalized spacial score (nSPS) is 12.2. The Hall–Kier alpha value is -4.13. The van der Waals surface area contributed by atoms with Gasteiger partial charge in [-0.3, -0.25) is 30.6 Å². The number of benzene rings is 2. The SMILES string of the molecule is Cn1cnnc1SCc1ccc(C(=O)NNC(=O)c2cc3c(cc2[N+](=O)[O-])OCCO3)cc1. The van der Waals surface area contributed by atoms with Crippen LogP contribution in [0.25, 0.3) is 0 Å². The van der Waals surface area contributed by atoms with Gasteiger partial charge in [0.2, 0.25) is 0 Å². The smallest absolute Gasteiger partial charge is 0.286 e. The fourth-order valence-corrected chi connectivity index (χ4v) is 3.81. The summed E-state index contributed by atoms with van der Waals surface area (Å²) in [4.78, 5) is 35.6. The van der Waals surface area contributed by atoms with Crippen molar-refractivity contribution in [2.75, 3.05) is 13.2 Å². The highest BCUT2D eigenvalue weighted by Crippen LogP contribution is 2.36. The van der Waals surface area contributed by atoms with E-state index in [0.29, 0.717) is 11.3 Å². The maximum atomic E-state index is 12.5. The summed E-state index contributed by atoms with van der Waals surface area (Å²) >= 11 is 1.50. The van der Waals surface area contributed by atoms with Crippen molar-refractivity contribution in [3.05, 3.63) is 69.5 Å². The fourth-order valence-electron chi connectivity index (χ4n) is 2.97. The largest absolute Gasteiger partial charge is 0.486 e. The molecule has 12 nitrogen and oxygen atoms in total. The van der Waals surface area contributed by atoms with Gasteiger partial charge in [-0.05, 0) is 17.7 Å². The molecule has 1 aliphatic heterocycles. The predicted octanol–water partition coefficient (Wildman–Crippen LogP) is 1.86. The first-order valence-corrected chi connectivity index (χ1v) is 10.7. The number of hydrogen-bond donors (Lipinski definition) is 2. The number of ether oxygens (including phenoxy) is 2. The van der Waals surface area contributed by atoms with Gasteiger partial charge >= 0.3 is 0 Å². The van der Waals surface area contributed by atoms with Crippen LogP contribution in [0.5, 0.6) is 11.5 Å². The molecule has 4 rings (SSSR count). The minimum absolute atomic E-state index is 0.186. The first-order valence-electron chi connectivity index (χ1n) is 9.67. The summed E-state index contributed by atoms with van der Waals surface area (Å²) in [7, 11) is 1.85. The van der Waals surface area contributed by atoms with E-state index in [0.717, 1.165) is 16.8 Å². The molecule has 0 spiro atoms. The van der Waals surface area contributed by atoms with Gasteiger partial charge in [-0.15, -0.1) is 10.2 Å².